The standard InChI is InChI=1S/C15H25N3O2/c1-4-20-15(7-5-6-8-15)14-17-12(9-13(19)18-14)10-16-11(2)3/h9,11,16H,4-8,10H2,1-3H3,(H,17,18,19). The third-order valence-electron chi connectivity index (χ3n) is 3.75. The average Bonchev–Trinajstić information content (AvgIpc) is 2.86. The van der Waals surface area contributed by atoms with Gasteiger partial charge in [-0.2, -0.15) is 0 Å². The van der Waals surface area contributed by atoms with Gasteiger partial charge < -0.3 is 15.0 Å². The van der Waals surface area contributed by atoms with Gasteiger partial charge >= 0.3 is 0 Å². The Morgan fingerprint density at radius 3 is 2.75 bits per heavy atom. The van der Waals surface area contributed by atoms with Crippen molar-refractivity contribution < 1.29 is 4.74 Å². The number of nitrogens with zero attached hydrogens (tertiary/aromatic N) is 1. The molecular weight excluding hydrogens is 254 g/mol. The summed E-state index contributed by atoms with van der Waals surface area (Å²) in [4.78, 5) is 19.4. The zero-order valence-electron chi connectivity index (χ0n) is 12.7. The highest BCUT2D eigenvalue weighted by Crippen LogP contribution is 2.40. The highest BCUT2D eigenvalue weighted by atomic mass is 16.5. The van der Waals surface area contributed by atoms with E-state index in [1.165, 1.54) is 0 Å². The van der Waals surface area contributed by atoms with Crippen molar-refractivity contribution in [3.05, 3.63) is 27.9 Å². The SMILES string of the molecule is CCOC1(c2nc(CNC(C)C)cc(=O)[nH]2)CCCC1. The third-order valence-corrected chi connectivity index (χ3v) is 3.75. The van der Waals surface area contributed by atoms with Crippen molar-refractivity contribution in [3.8, 4) is 0 Å². The number of rotatable bonds is 6. The second-order valence-corrected chi connectivity index (χ2v) is 5.76. The summed E-state index contributed by atoms with van der Waals surface area (Å²) in [6, 6.07) is 1.93. The van der Waals surface area contributed by atoms with Crippen LogP contribution in [0.1, 0.15) is 58.0 Å². The van der Waals surface area contributed by atoms with Crippen LogP contribution in [-0.2, 0) is 16.9 Å². The molecule has 1 aliphatic rings. The van der Waals surface area contributed by atoms with Crippen molar-refractivity contribution in [2.24, 2.45) is 0 Å². The molecule has 0 saturated heterocycles. The molecule has 0 radical (unpaired) electrons. The maximum absolute atomic E-state index is 11.9. The zero-order chi connectivity index (χ0) is 14.6. The lowest BCUT2D eigenvalue weighted by Gasteiger charge is -2.28. The molecule has 0 aromatic carbocycles. The fourth-order valence-corrected chi connectivity index (χ4v) is 2.79. The summed E-state index contributed by atoms with van der Waals surface area (Å²) in [5, 5.41) is 3.30. The molecule has 1 aliphatic carbocycles. The van der Waals surface area contributed by atoms with E-state index in [1.54, 1.807) is 6.07 Å². The molecule has 1 aromatic heterocycles. The maximum atomic E-state index is 11.9. The summed E-state index contributed by atoms with van der Waals surface area (Å²) in [5.74, 6) is 0.699. The molecule has 1 fully saturated rings. The van der Waals surface area contributed by atoms with Crippen molar-refractivity contribution in [1.82, 2.24) is 15.3 Å². The number of H-pyrrole nitrogens is 1. The highest BCUT2D eigenvalue weighted by Gasteiger charge is 2.38. The molecule has 112 valence electrons. The van der Waals surface area contributed by atoms with Crippen LogP contribution in [-0.4, -0.2) is 22.6 Å². The first kappa shape index (κ1) is 15.2. The number of aromatic amines is 1. The van der Waals surface area contributed by atoms with Gasteiger partial charge in [0.05, 0.1) is 5.69 Å². The Morgan fingerprint density at radius 2 is 2.15 bits per heavy atom. The molecule has 0 aliphatic heterocycles. The fraction of sp³-hybridized carbons (Fsp3) is 0.733. The molecule has 2 rings (SSSR count). The first-order valence-electron chi connectivity index (χ1n) is 7.54. The Balaban J connectivity index is 2.28. The molecule has 20 heavy (non-hydrogen) atoms. The van der Waals surface area contributed by atoms with Gasteiger partial charge in [0.2, 0.25) is 0 Å². The molecule has 1 aromatic rings. The van der Waals surface area contributed by atoms with E-state index < -0.39 is 0 Å². The molecule has 0 spiro atoms. The normalized spacial score (nSPS) is 17.8. The number of nitrogens with one attached hydrogen (secondary N) is 2. The lowest BCUT2D eigenvalue weighted by atomic mass is 10.0. The molecule has 1 saturated carbocycles. The van der Waals surface area contributed by atoms with Gasteiger partial charge in [0.15, 0.2) is 0 Å². The van der Waals surface area contributed by atoms with E-state index in [0.29, 0.717) is 25.0 Å². The van der Waals surface area contributed by atoms with Crippen molar-refractivity contribution in [2.45, 2.75) is 64.6 Å². The minimum Gasteiger partial charge on any atom is -0.367 e. The van der Waals surface area contributed by atoms with E-state index in [0.717, 1.165) is 31.4 Å². The van der Waals surface area contributed by atoms with Crippen molar-refractivity contribution >= 4 is 0 Å². The van der Waals surface area contributed by atoms with E-state index in [-0.39, 0.29) is 11.2 Å². The van der Waals surface area contributed by atoms with E-state index in [9.17, 15) is 4.79 Å². The summed E-state index contributed by atoms with van der Waals surface area (Å²) in [6.07, 6.45) is 4.12. The Hall–Kier alpha value is -1.20. The molecule has 1 heterocycles. The van der Waals surface area contributed by atoms with Crippen LogP contribution in [0.3, 0.4) is 0 Å². The summed E-state index contributed by atoms with van der Waals surface area (Å²) >= 11 is 0. The Morgan fingerprint density at radius 1 is 1.45 bits per heavy atom. The number of ether oxygens (including phenoxy) is 1. The van der Waals surface area contributed by atoms with Gasteiger partial charge in [0, 0.05) is 25.3 Å². The van der Waals surface area contributed by atoms with Crippen LogP contribution in [0, 0.1) is 0 Å². The Bertz CT molecular complexity index is 490. The molecule has 2 N–H and O–H groups in total. The van der Waals surface area contributed by atoms with Crippen LogP contribution in [0.4, 0.5) is 0 Å². The first-order valence-corrected chi connectivity index (χ1v) is 7.54. The predicted octanol–water partition coefficient (Wildman–Crippen LogP) is 2.07. The Kier molecular flexibility index (Phi) is 4.94. The lowest BCUT2D eigenvalue weighted by Crippen LogP contribution is -2.33. The largest absolute Gasteiger partial charge is 0.367 e. The molecule has 0 unspecified atom stereocenters. The van der Waals surface area contributed by atoms with Gasteiger partial charge in [0.25, 0.3) is 5.56 Å². The number of hydrogen-bond donors (Lipinski definition) is 2. The van der Waals surface area contributed by atoms with E-state index in [4.69, 9.17) is 4.74 Å². The fourth-order valence-electron chi connectivity index (χ4n) is 2.79. The Labute approximate surface area is 120 Å². The van der Waals surface area contributed by atoms with Crippen LogP contribution in [0.2, 0.25) is 0 Å². The predicted molar refractivity (Wildman–Crippen MR) is 78.6 cm³/mol. The van der Waals surface area contributed by atoms with Gasteiger partial charge in [-0.25, -0.2) is 4.98 Å². The second-order valence-electron chi connectivity index (χ2n) is 5.76. The molecule has 5 nitrogen and oxygen atoms in total. The van der Waals surface area contributed by atoms with Gasteiger partial charge in [-0.15, -0.1) is 0 Å². The smallest absolute Gasteiger partial charge is 0.251 e. The second kappa shape index (κ2) is 6.50. The summed E-state index contributed by atoms with van der Waals surface area (Å²) in [6.45, 7) is 7.39. The molecule has 0 bridgehead atoms. The van der Waals surface area contributed by atoms with Gasteiger partial charge in [-0.05, 0) is 32.6 Å². The van der Waals surface area contributed by atoms with Crippen LogP contribution in [0.5, 0.6) is 0 Å². The van der Waals surface area contributed by atoms with E-state index >= 15 is 0 Å². The number of hydrogen-bond acceptors (Lipinski definition) is 4. The van der Waals surface area contributed by atoms with E-state index in [1.807, 2.05) is 6.92 Å². The summed E-state index contributed by atoms with van der Waals surface area (Å²) in [5.41, 5.74) is 0.298. The highest BCUT2D eigenvalue weighted by molar-refractivity contribution is 5.11. The molecular formula is C15H25N3O2. The zero-order valence-corrected chi connectivity index (χ0v) is 12.7. The molecule has 0 amide bonds. The van der Waals surface area contributed by atoms with Crippen LogP contribution < -0.4 is 10.9 Å². The lowest BCUT2D eigenvalue weighted by molar-refractivity contribution is -0.0460. The van der Waals surface area contributed by atoms with Crippen molar-refractivity contribution in [3.63, 3.8) is 0 Å². The monoisotopic (exact) mass is 279 g/mol. The van der Waals surface area contributed by atoms with Gasteiger partial charge in [0.1, 0.15) is 11.4 Å². The van der Waals surface area contributed by atoms with Crippen LogP contribution >= 0.6 is 0 Å². The number of aromatic nitrogens is 2. The topological polar surface area (TPSA) is 67.0 Å². The van der Waals surface area contributed by atoms with Crippen LogP contribution in [0.25, 0.3) is 0 Å². The minimum atomic E-state index is -0.387. The van der Waals surface area contributed by atoms with Gasteiger partial charge in [-0.1, -0.05) is 13.8 Å². The van der Waals surface area contributed by atoms with E-state index in [2.05, 4.69) is 29.1 Å². The minimum absolute atomic E-state index is 0.0958. The quantitative estimate of drug-likeness (QED) is 0.836. The third kappa shape index (κ3) is 3.46. The first-order chi connectivity index (χ1) is 9.55. The summed E-state index contributed by atoms with van der Waals surface area (Å²) < 4.78 is 5.96. The van der Waals surface area contributed by atoms with Gasteiger partial charge in [-0.3, -0.25) is 4.79 Å². The average molecular weight is 279 g/mol. The molecule has 0 atom stereocenters. The van der Waals surface area contributed by atoms with Crippen molar-refractivity contribution in [2.75, 3.05) is 6.61 Å². The van der Waals surface area contributed by atoms with Crippen molar-refractivity contribution in [1.29, 1.82) is 0 Å². The van der Waals surface area contributed by atoms with Crippen LogP contribution in [0.15, 0.2) is 10.9 Å². The maximum Gasteiger partial charge on any atom is 0.251 e. The molecule has 5 heteroatoms. The summed E-state index contributed by atoms with van der Waals surface area (Å²) in [7, 11) is 0.